The van der Waals surface area contributed by atoms with Crippen molar-refractivity contribution in [2.24, 2.45) is 5.84 Å². The number of pyridine rings is 1. The fourth-order valence-corrected chi connectivity index (χ4v) is 2.56. The van der Waals surface area contributed by atoms with E-state index >= 15 is 0 Å². The molecule has 3 heteroatoms. The first-order valence-electron chi connectivity index (χ1n) is 7.12. The first-order valence-corrected chi connectivity index (χ1v) is 7.12. The molecule has 0 radical (unpaired) electrons. The molecule has 0 bridgehead atoms. The molecule has 3 rings (SSSR count). The van der Waals surface area contributed by atoms with Gasteiger partial charge in [0.2, 0.25) is 0 Å². The topological polar surface area (TPSA) is 50.9 Å². The molecule has 1 heterocycles. The smallest absolute Gasteiger partial charge is 0.0515 e. The van der Waals surface area contributed by atoms with Crippen LogP contribution >= 0.6 is 0 Å². The number of hydrogen-bond donors (Lipinski definition) is 2. The van der Waals surface area contributed by atoms with E-state index in [1.807, 2.05) is 19.2 Å². The number of nitrogens with one attached hydrogen (secondary N) is 1. The van der Waals surface area contributed by atoms with Crippen LogP contribution in [0.15, 0.2) is 60.8 Å². The quantitative estimate of drug-likeness (QED) is 0.568. The molecule has 0 saturated heterocycles. The lowest BCUT2D eigenvalue weighted by atomic mass is 9.98. The summed E-state index contributed by atoms with van der Waals surface area (Å²) in [6.07, 6.45) is 2.73. The lowest BCUT2D eigenvalue weighted by Gasteiger charge is -2.16. The van der Waals surface area contributed by atoms with Gasteiger partial charge in [0.25, 0.3) is 0 Å². The van der Waals surface area contributed by atoms with Gasteiger partial charge in [-0.3, -0.25) is 16.3 Å². The molecule has 21 heavy (non-hydrogen) atoms. The Kier molecular flexibility index (Phi) is 3.95. The van der Waals surface area contributed by atoms with Gasteiger partial charge in [-0.25, -0.2) is 0 Å². The van der Waals surface area contributed by atoms with E-state index in [0.717, 1.165) is 17.7 Å². The van der Waals surface area contributed by atoms with Gasteiger partial charge in [0, 0.05) is 11.9 Å². The fraction of sp³-hybridized carbons (Fsp3) is 0.167. The van der Waals surface area contributed by atoms with Gasteiger partial charge >= 0.3 is 0 Å². The van der Waals surface area contributed by atoms with Crippen LogP contribution in [-0.4, -0.2) is 4.98 Å². The third-order valence-electron chi connectivity index (χ3n) is 3.79. The van der Waals surface area contributed by atoms with Gasteiger partial charge in [0.15, 0.2) is 0 Å². The van der Waals surface area contributed by atoms with E-state index in [1.54, 1.807) is 0 Å². The third-order valence-corrected chi connectivity index (χ3v) is 3.79. The number of nitrogens with zero attached hydrogens (tertiary/aromatic N) is 1. The predicted molar refractivity (Wildman–Crippen MR) is 86.7 cm³/mol. The van der Waals surface area contributed by atoms with Crippen molar-refractivity contribution in [3.05, 3.63) is 77.6 Å². The molecule has 3 nitrogen and oxygen atoms in total. The number of nitrogens with two attached hydrogens (primary N) is 1. The highest BCUT2D eigenvalue weighted by atomic mass is 15.2. The molecular weight excluding hydrogens is 258 g/mol. The van der Waals surface area contributed by atoms with Gasteiger partial charge in [0.05, 0.1) is 6.04 Å². The molecule has 0 saturated carbocycles. The van der Waals surface area contributed by atoms with Crippen LogP contribution in [0.2, 0.25) is 0 Å². The molecule has 0 aliphatic heterocycles. The summed E-state index contributed by atoms with van der Waals surface area (Å²) < 4.78 is 0. The summed E-state index contributed by atoms with van der Waals surface area (Å²) >= 11 is 0. The van der Waals surface area contributed by atoms with E-state index in [-0.39, 0.29) is 6.04 Å². The minimum atomic E-state index is 0.0688. The number of hydrogen-bond acceptors (Lipinski definition) is 3. The second-order valence-corrected chi connectivity index (χ2v) is 5.34. The lowest BCUT2D eigenvalue weighted by molar-refractivity contribution is 0.550. The van der Waals surface area contributed by atoms with E-state index in [0.29, 0.717) is 0 Å². The van der Waals surface area contributed by atoms with Gasteiger partial charge in [-0.1, -0.05) is 48.5 Å². The van der Waals surface area contributed by atoms with Crippen molar-refractivity contribution in [1.29, 1.82) is 0 Å². The second-order valence-electron chi connectivity index (χ2n) is 5.34. The molecule has 2 aromatic carbocycles. The van der Waals surface area contributed by atoms with Crippen molar-refractivity contribution in [3.8, 4) is 0 Å². The Labute approximate surface area is 124 Å². The fourth-order valence-electron chi connectivity index (χ4n) is 2.56. The van der Waals surface area contributed by atoms with Gasteiger partial charge in [-0.05, 0) is 41.3 Å². The predicted octanol–water partition coefficient (Wildman–Crippen LogP) is 3.29. The van der Waals surface area contributed by atoms with E-state index in [2.05, 4.69) is 58.9 Å². The molecule has 1 unspecified atom stereocenters. The van der Waals surface area contributed by atoms with Crippen LogP contribution in [0.25, 0.3) is 10.8 Å². The molecule has 106 valence electrons. The van der Waals surface area contributed by atoms with E-state index < -0.39 is 0 Å². The maximum absolute atomic E-state index is 5.73. The Morgan fingerprint density at radius 3 is 2.57 bits per heavy atom. The Bertz CT molecular complexity index is 735. The maximum atomic E-state index is 5.73. The molecule has 0 amide bonds. The van der Waals surface area contributed by atoms with Crippen LogP contribution < -0.4 is 11.3 Å². The zero-order chi connectivity index (χ0) is 14.7. The largest absolute Gasteiger partial charge is 0.271 e. The lowest BCUT2D eigenvalue weighted by Crippen LogP contribution is -2.29. The van der Waals surface area contributed by atoms with Crippen molar-refractivity contribution in [2.75, 3.05) is 0 Å². The van der Waals surface area contributed by atoms with Crippen molar-refractivity contribution in [1.82, 2.24) is 10.4 Å². The summed E-state index contributed by atoms with van der Waals surface area (Å²) in [6, 6.07) is 19.1. The Morgan fingerprint density at radius 1 is 1.05 bits per heavy atom. The van der Waals surface area contributed by atoms with Crippen molar-refractivity contribution < 1.29 is 0 Å². The summed E-state index contributed by atoms with van der Waals surface area (Å²) in [4.78, 5) is 4.34. The van der Waals surface area contributed by atoms with E-state index in [9.17, 15) is 0 Å². The summed E-state index contributed by atoms with van der Waals surface area (Å²) in [5, 5.41) is 2.52. The summed E-state index contributed by atoms with van der Waals surface area (Å²) in [6.45, 7) is 1.98. The molecule has 1 atom stereocenters. The van der Waals surface area contributed by atoms with Gasteiger partial charge in [-0.2, -0.15) is 0 Å². The van der Waals surface area contributed by atoms with Crippen molar-refractivity contribution >= 4 is 10.8 Å². The number of fused-ring (bicyclic) bond motifs is 1. The van der Waals surface area contributed by atoms with Crippen LogP contribution in [0.4, 0.5) is 0 Å². The standard InChI is InChI=1S/C18H19N3/c1-13-6-8-17(12-20-13)18(21-19)11-14-7-9-15-4-2-3-5-16(15)10-14/h2-10,12,18,21H,11,19H2,1H3. The molecule has 0 spiro atoms. The monoisotopic (exact) mass is 277 g/mol. The molecule has 1 aromatic heterocycles. The zero-order valence-corrected chi connectivity index (χ0v) is 12.1. The van der Waals surface area contributed by atoms with Crippen molar-refractivity contribution in [2.45, 2.75) is 19.4 Å². The van der Waals surface area contributed by atoms with Gasteiger partial charge in [-0.15, -0.1) is 0 Å². The van der Waals surface area contributed by atoms with E-state index in [1.165, 1.54) is 16.3 Å². The average molecular weight is 277 g/mol. The van der Waals surface area contributed by atoms with Crippen LogP contribution in [0.5, 0.6) is 0 Å². The Hall–Kier alpha value is -2.23. The second kappa shape index (κ2) is 6.04. The van der Waals surface area contributed by atoms with Gasteiger partial charge < -0.3 is 0 Å². The van der Waals surface area contributed by atoms with Crippen LogP contribution in [0, 0.1) is 6.92 Å². The van der Waals surface area contributed by atoms with Gasteiger partial charge in [0.1, 0.15) is 0 Å². The number of hydrazine groups is 1. The minimum Gasteiger partial charge on any atom is -0.271 e. The molecule has 3 aromatic rings. The maximum Gasteiger partial charge on any atom is 0.0515 e. The third kappa shape index (κ3) is 3.10. The summed E-state index contributed by atoms with van der Waals surface area (Å²) in [5.74, 6) is 5.73. The first kappa shape index (κ1) is 13.7. The first-order chi connectivity index (χ1) is 10.3. The van der Waals surface area contributed by atoms with Crippen LogP contribution in [0.1, 0.15) is 22.9 Å². The normalized spacial score (nSPS) is 12.5. The number of aromatic nitrogens is 1. The molecule has 3 N–H and O–H groups in total. The van der Waals surface area contributed by atoms with Crippen LogP contribution in [-0.2, 0) is 6.42 Å². The minimum absolute atomic E-state index is 0.0688. The number of aryl methyl sites for hydroxylation is 1. The highest BCUT2D eigenvalue weighted by Gasteiger charge is 2.11. The van der Waals surface area contributed by atoms with Crippen molar-refractivity contribution in [3.63, 3.8) is 0 Å². The highest BCUT2D eigenvalue weighted by molar-refractivity contribution is 5.83. The highest BCUT2D eigenvalue weighted by Crippen LogP contribution is 2.21. The SMILES string of the molecule is Cc1ccc(C(Cc2ccc3ccccc3c2)NN)cn1. The zero-order valence-electron chi connectivity index (χ0n) is 12.1. The van der Waals surface area contributed by atoms with E-state index in [4.69, 9.17) is 5.84 Å². The molecule has 0 fully saturated rings. The molecule has 0 aliphatic carbocycles. The van der Waals surface area contributed by atoms with Crippen LogP contribution in [0.3, 0.4) is 0 Å². The Morgan fingerprint density at radius 2 is 1.86 bits per heavy atom. The summed E-state index contributed by atoms with van der Waals surface area (Å²) in [7, 11) is 0. The molecule has 0 aliphatic rings. The average Bonchev–Trinajstić information content (AvgIpc) is 2.53. The number of rotatable bonds is 4. The summed E-state index contributed by atoms with van der Waals surface area (Å²) in [5.41, 5.74) is 6.28. The number of benzene rings is 2. The Balaban J connectivity index is 1.86. The molecular formula is C18H19N3.